The Morgan fingerprint density at radius 1 is 1.35 bits per heavy atom. The molecular weight excluding hydrogens is 279 g/mol. The zero-order chi connectivity index (χ0) is 15.3. The van der Waals surface area contributed by atoms with E-state index in [1.54, 1.807) is 0 Å². The molecule has 4 nitrogen and oxygen atoms in total. The van der Waals surface area contributed by atoms with Crippen molar-refractivity contribution in [2.45, 2.75) is 32.2 Å². The van der Waals surface area contributed by atoms with Crippen molar-refractivity contribution in [2.24, 2.45) is 5.92 Å². The molecule has 0 heterocycles. The molecule has 0 fully saturated rings. The standard InChI is InChI=1S/C14H23FN2O2S/c1-5-16-9-12-6-7-13(15)8-14(12)20(18,19)17(4)10-11(2)3/h6-8,11,16H,5,9-10H2,1-4H3. The van der Waals surface area contributed by atoms with Crippen LogP contribution >= 0.6 is 0 Å². The van der Waals surface area contributed by atoms with Crippen LogP contribution in [-0.4, -0.2) is 32.9 Å². The monoisotopic (exact) mass is 302 g/mol. The van der Waals surface area contributed by atoms with E-state index < -0.39 is 15.8 Å². The second kappa shape index (κ2) is 7.15. The molecule has 1 aromatic rings. The number of nitrogens with zero attached hydrogens (tertiary/aromatic N) is 1. The third-order valence-corrected chi connectivity index (χ3v) is 4.81. The van der Waals surface area contributed by atoms with Gasteiger partial charge in [-0.15, -0.1) is 0 Å². The van der Waals surface area contributed by atoms with Crippen LogP contribution in [0.3, 0.4) is 0 Å². The Bertz CT molecular complexity index is 544. The van der Waals surface area contributed by atoms with Gasteiger partial charge in [0.1, 0.15) is 5.82 Å². The van der Waals surface area contributed by atoms with E-state index in [0.717, 1.165) is 12.6 Å². The number of hydrogen-bond donors (Lipinski definition) is 1. The van der Waals surface area contributed by atoms with Crippen LogP contribution in [0.25, 0.3) is 0 Å². The van der Waals surface area contributed by atoms with Gasteiger partial charge >= 0.3 is 0 Å². The molecule has 1 N–H and O–H groups in total. The van der Waals surface area contributed by atoms with Crippen LogP contribution < -0.4 is 5.32 Å². The summed E-state index contributed by atoms with van der Waals surface area (Å²) >= 11 is 0. The third kappa shape index (κ3) is 4.26. The minimum Gasteiger partial charge on any atom is -0.313 e. The summed E-state index contributed by atoms with van der Waals surface area (Å²) in [5.74, 6) is -0.331. The lowest BCUT2D eigenvalue weighted by molar-refractivity contribution is 0.416. The maximum Gasteiger partial charge on any atom is 0.243 e. The van der Waals surface area contributed by atoms with E-state index >= 15 is 0 Å². The highest BCUT2D eigenvalue weighted by Gasteiger charge is 2.24. The van der Waals surface area contributed by atoms with Gasteiger partial charge in [-0.2, -0.15) is 0 Å². The first kappa shape index (κ1) is 17.1. The highest BCUT2D eigenvalue weighted by molar-refractivity contribution is 7.89. The van der Waals surface area contributed by atoms with Gasteiger partial charge in [0.05, 0.1) is 4.90 Å². The molecule has 1 aromatic carbocycles. The minimum absolute atomic E-state index is 0.0431. The molecule has 0 radical (unpaired) electrons. The van der Waals surface area contributed by atoms with Gasteiger partial charge in [-0.05, 0) is 30.2 Å². The van der Waals surface area contributed by atoms with Gasteiger partial charge in [0, 0.05) is 20.1 Å². The van der Waals surface area contributed by atoms with Crippen LogP contribution in [0, 0.1) is 11.7 Å². The molecule has 0 saturated carbocycles. The Hall–Kier alpha value is -0.980. The highest BCUT2D eigenvalue weighted by atomic mass is 32.2. The van der Waals surface area contributed by atoms with Gasteiger partial charge in [0.25, 0.3) is 0 Å². The molecule has 0 spiro atoms. The molecule has 0 unspecified atom stereocenters. The molecule has 1 rings (SSSR count). The number of benzene rings is 1. The number of rotatable bonds is 7. The van der Waals surface area contributed by atoms with E-state index in [1.165, 1.54) is 23.5 Å². The first-order valence-electron chi connectivity index (χ1n) is 6.74. The van der Waals surface area contributed by atoms with Crippen molar-refractivity contribution in [1.82, 2.24) is 9.62 Å². The van der Waals surface area contributed by atoms with Gasteiger partial charge in [-0.25, -0.2) is 17.1 Å². The topological polar surface area (TPSA) is 49.4 Å². The van der Waals surface area contributed by atoms with Crippen molar-refractivity contribution in [2.75, 3.05) is 20.1 Å². The molecule has 0 saturated heterocycles. The van der Waals surface area contributed by atoms with E-state index in [4.69, 9.17) is 0 Å². The zero-order valence-corrected chi connectivity index (χ0v) is 13.3. The van der Waals surface area contributed by atoms with E-state index in [1.807, 2.05) is 20.8 Å². The molecular formula is C14H23FN2O2S. The fraction of sp³-hybridized carbons (Fsp3) is 0.571. The Morgan fingerprint density at radius 3 is 2.55 bits per heavy atom. The molecule has 20 heavy (non-hydrogen) atoms. The Morgan fingerprint density at radius 2 is 2.00 bits per heavy atom. The predicted octanol–water partition coefficient (Wildman–Crippen LogP) is 2.21. The molecule has 0 aromatic heterocycles. The average Bonchev–Trinajstić information content (AvgIpc) is 2.36. The number of hydrogen-bond acceptors (Lipinski definition) is 3. The molecule has 0 bridgehead atoms. The summed E-state index contributed by atoms with van der Waals surface area (Å²) in [7, 11) is -2.14. The Labute approximate surface area is 121 Å². The lowest BCUT2D eigenvalue weighted by atomic mass is 10.2. The molecule has 0 amide bonds. The number of halogens is 1. The van der Waals surface area contributed by atoms with E-state index in [0.29, 0.717) is 18.7 Å². The maximum atomic E-state index is 13.4. The lowest BCUT2D eigenvalue weighted by Crippen LogP contribution is -2.31. The summed E-state index contributed by atoms with van der Waals surface area (Å²) in [5.41, 5.74) is 0.587. The summed E-state index contributed by atoms with van der Waals surface area (Å²) < 4.78 is 39.8. The summed E-state index contributed by atoms with van der Waals surface area (Å²) in [6.07, 6.45) is 0. The molecule has 6 heteroatoms. The van der Waals surface area contributed by atoms with Crippen LogP contribution in [0.15, 0.2) is 23.1 Å². The van der Waals surface area contributed by atoms with Gasteiger partial charge in [-0.3, -0.25) is 0 Å². The maximum absolute atomic E-state index is 13.4. The van der Waals surface area contributed by atoms with Gasteiger partial charge < -0.3 is 5.32 Å². The van der Waals surface area contributed by atoms with Crippen LogP contribution in [0.2, 0.25) is 0 Å². The van der Waals surface area contributed by atoms with Gasteiger partial charge in [-0.1, -0.05) is 26.8 Å². The van der Waals surface area contributed by atoms with E-state index in [9.17, 15) is 12.8 Å². The van der Waals surface area contributed by atoms with Crippen molar-refractivity contribution in [3.05, 3.63) is 29.6 Å². The summed E-state index contributed by atoms with van der Waals surface area (Å²) in [6.45, 7) is 7.34. The summed E-state index contributed by atoms with van der Waals surface area (Å²) in [5, 5.41) is 3.07. The lowest BCUT2D eigenvalue weighted by Gasteiger charge is -2.21. The van der Waals surface area contributed by atoms with E-state index in [-0.39, 0.29) is 10.8 Å². The fourth-order valence-corrected chi connectivity index (χ4v) is 3.52. The predicted molar refractivity (Wildman–Crippen MR) is 78.4 cm³/mol. The number of nitrogens with one attached hydrogen (secondary N) is 1. The molecule has 0 aliphatic heterocycles. The number of sulfonamides is 1. The molecule has 0 aliphatic carbocycles. The van der Waals surface area contributed by atoms with Gasteiger partial charge in [0.15, 0.2) is 0 Å². The van der Waals surface area contributed by atoms with Crippen molar-refractivity contribution < 1.29 is 12.8 Å². The molecule has 0 aliphatic rings. The average molecular weight is 302 g/mol. The fourth-order valence-electron chi connectivity index (χ4n) is 1.95. The Kier molecular flexibility index (Phi) is 6.10. The van der Waals surface area contributed by atoms with E-state index in [2.05, 4.69) is 5.32 Å². The minimum atomic E-state index is -3.66. The quantitative estimate of drug-likeness (QED) is 0.840. The van der Waals surface area contributed by atoms with Crippen LogP contribution in [0.5, 0.6) is 0 Å². The third-order valence-electron chi connectivity index (χ3n) is 2.91. The smallest absolute Gasteiger partial charge is 0.243 e. The van der Waals surface area contributed by atoms with Crippen molar-refractivity contribution in [1.29, 1.82) is 0 Å². The SMILES string of the molecule is CCNCc1ccc(F)cc1S(=O)(=O)N(C)CC(C)C. The highest BCUT2D eigenvalue weighted by Crippen LogP contribution is 2.21. The Balaban J connectivity index is 3.18. The first-order chi connectivity index (χ1) is 9.28. The normalized spacial score (nSPS) is 12.3. The largest absolute Gasteiger partial charge is 0.313 e. The van der Waals surface area contributed by atoms with Crippen LogP contribution in [-0.2, 0) is 16.6 Å². The summed E-state index contributed by atoms with van der Waals surface area (Å²) in [4.78, 5) is 0.0431. The second-order valence-electron chi connectivity index (χ2n) is 5.21. The zero-order valence-electron chi connectivity index (χ0n) is 12.5. The van der Waals surface area contributed by atoms with Crippen LogP contribution in [0.4, 0.5) is 4.39 Å². The molecule has 0 atom stereocenters. The van der Waals surface area contributed by atoms with Gasteiger partial charge in [0.2, 0.25) is 10.0 Å². The van der Waals surface area contributed by atoms with Crippen LogP contribution in [0.1, 0.15) is 26.3 Å². The van der Waals surface area contributed by atoms with Crippen molar-refractivity contribution in [3.8, 4) is 0 Å². The van der Waals surface area contributed by atoms with Crippen molar-refractivity contribution >= 4 is 10.0 Å². The summed E-state index contributed by atoms with van der Waals surface area (Å²) in [6, 6.07) is 3.90. The second-order valence-corrected chi connectivity index (χ2v) is 7.23. The van der Waals surface area contributed by atoms with Crippen molar-refractivity contribution in [3.63, 3.8) is 0 Å². The molecule has 114 valence electrons. The first-order valence-corrected chi connectivity index (χ1v) is 8.18.